The summed E-state index contributed by atoms with van der Waals surface area (Å²) < 4.78 is 4.95. The van der Waals surface area contributed by atoms with Gasteiger partial charge in [0.25, 0.3) is 0 Å². The van der Waals surface area contributed by atoms with Crippen LogP contribution in [0.25, 0.3) is 10.9 Å². The molecule has 0 atom stereocenters. The van der Waals surface area contributed by atoms with Gasteiger partial charge in [0.05, 0.1) is 0 Å². The van der Waals surface area contributed by atoms with Crippen LogP contribution < -0.4 is 5.32 Å². The number of nitrogens with one attached hydrogen (secondary N) is 1. The Morgan fingerprint density at radius 3 is 3.06 bits per heavy atom. The first-order chi connectivity index (χ1) is 7.92. The van der Waals surface area contributed by atoms with Crippen molar-refractivity contribution in [2.75, 3.05) is 13.1 Å². The van der Waals surface area contributed by atoms with E-state index < -0.39 is 0 Å². The highest BCUT2D eigenvalue weighted by Gasteiger charge is 2.13. The molecule has 1 fully saturated rings. The van der Waals surface area contributed by atoms with Crippen molar-refractivity contribution in [3.05, 3.63) is 30.0 Å². The Kier molecular flexibility index (Phi) is 2.62. The lowest BCUT2D eigenvalue weighted by Crippen LogP contribution is -2.28. The smallest absolute Gasteiger partial charge is 0.131 e. The largest absolute Gasteiger partial charge is 0.364 e. The van der Waals surface area contributed by atoms with Gasteiger partial charge in [0.15, 0.2) is 0 Å². The summed E-state index contributed by atoms with van der Waals surface area (Å²) in [5.41, 5.74) is 2.36. The van der Waals surface area contributed by atoms with Crippen LogP contribution in [-0.4, -0.2) is 18.2 Å². The van der Waals surface area contributed by atoms with Crippen molar-refractivity contribution in [2.45, 2.75) is 19.3 Å². The second kappa shape index (κ2) is 4.26. The fourth-order valence-corrected chi connectivity index (χ4v) is 2.45. The molecule has 84 valence electrons. The maximum atomic E-state index is 4.95. The summed E-state index contributed by atoms with van der Waals surface area (Å²) in [7, 11) is 0. The minimum Gasteiger partial charge on any atom is -0.364 e. The molecule has 3 rings (SSSR count). The standard InChI is InChI=1S/C13H16N2O/c1-2-12-9-16-15-13(12)8-11(1)7-10-3-5-14-6-4-10/h1-2,8-10,14H,3-7H2. The van der Waals surface area contributed by atoms with E-state index >= 15 is 0 Å². The molecule has 0 radical (unpaired) electrons. The van der Waals surface area contributed by atoms with Gasteiger partial charge in [0, 0.05) is 5.39 Å². The molecule has 16 heavy (non-hydrogen) atoms. The first kappa shape index (κ1) is 9.85. The average Bonchev–Trinajstić information content (AvgIpc) is 2.77. The van der Waals surface area contributed by atoms with Gasteiger partial charge in [-0.2, -0.15) is 0 Å². The molecule has 0 amide bonds. The van der Waals surface area contributed by atoms with Crippen molar-refractivity contribution in [1.82, 2.24) is 10.5 Å². The van der Waals surface area contributed by atoms with E-state index in [0.29, 0.717) is 0 Å². The summed E-state index contributed by atoms with van der Waals surface area (Å²) in [5.74, 6) is 0.825. The van der Waals surface area contributed by atoms with Gasteiger partial charge in [-0.05, 0) is 56.0 Å². The van der Waals surface area contributed by atoms with Crippen molar-refractivity contribution in [3.8, 4) is 0 Å². The number of piperidine rings is 1. The molecule has 2 aromatic rings. The van der Waals surface area contributed by atoms with Crippen molar-refractivity contribution < 1.29 is 4.52 Å². The fourth-order valence-electron chi connectivity index (χ4n) is 2.45. The molecule has 1 aromatic carbocycles. The quantitative estimate of drug-likeness (QED) is 0.837. The van der Waals surface area contributed by atoms with Crippen molar-refractivity contribution in [1.29, 1.82) is 0 Å². The Balaban J connectivity index is 1.77. The lowest BCUT2D eigenvalue weighted by atomic mass is 9.91. The monoisotopic (exact) mass is 216 g/mol. The molecule has 1 saturated heterocycles. The summed E-state index contributed by atoms with van der Waals surface area (Å²) in [4.78, 5) is 0. The summed E-state index contributed by atoms with van der Waals surface area (Å²) in [5, 5.41) is 8.48. The van der Waals surface area contributed by atoms with Crippen molar-refractivity contribution in [3.63, 3.8) is 0 Å². The average molecular weight is 216 g/mol. The summed E-state index contributed by atoms with van der Waals surface area (Å²) in [6, 6.07) is 6.45. The lowest BCUT2D eigenvalue weighted by molar-refractivity contribution is 0.372. The Bertz CT molecular complexity index is 471. The van der Waals surface area contributed by atoms with Crippen LogP contribution in [0.4, 0.5) is 0 Å². The van der Waals surface area contributed by atoms with Gasteiger partial charge in [-0.25, -0.2) is 0 Å². The van der Waals surface area contributed by atoms with E-state index in [9.17, 15) is 0 Å². The molecule has 3 nitrogen and oxygen atoms in total. The summed E-state index contributed by atoms with van der Waals surface area (Å²) >= 11 is 0. The third kappa shape index (κ3) is 1.95. The van der Waals surface area contributed by atoms with E-state index in [4.69, 9.17) is 4.52 Å². The molecule has 0 aliphatic carbocycles. The number of fused-ring (bicyclic) bond motifs is 1. The predicted octanol–water partition coefficient (Wildman–Crippen LogP) is 2.37. The van der Waals surface area contributed by atoms with Crippen LogP contribution in [-0.2, 0) is 6.42 Å². The molecule has 1 N–H and O–H groups in total. The molecule has 2 heterocycles. The van der Waals surface area contributed by atoms with Gasteiger partial charge >= 0.3 is 0 Å². The number of rotatable bonds is 2. The Morgan fingerprint density at radius 2 is 2.19 bits per heavy atom. The molecule has 0 bridgehead atoms. The first-order valence-corrected chi connectivity index (χ1v) is 5.95. The molecular formula is C13H16N2O. The minimum absolute atomic E-state index is 0.825. The number of benzene rings is 1. The zero-order valence-corrected chi connectivity index (χ0v) is 9.28. The molecule has 0 unspecified atom stereocenters. The number of nitrogens with zero attached hydrogens (tertiary/aromatic N) is 1. The first-order valence-electron chi connectivity index (χ1n) is 5.95. The van der Waals surface area contributed by atoms with Crippen LogP contribution in [0.5, 0.6) is 0 Å². The highest BCUT2D eigenvalue weighted by Crippen LogP contribution is 2.21. The fraction of sp³-hybridized carbons (Fsp3) is 0.462. The third-order valence-electron chi connectivity index (χ3n) is 3.41. The zero-order valence-electron chi connectivity index (χ0n) is 9.28. The Morgan fingerprint density at radius 1 is 1.31 bits per heavy atom. The molecule has 0 spiro atoms. The van der Waals surface area contributed by atoms with Gasteiger partial charge in [-0.3, -0.25) is 0 Å². The molecular weight excluding hydrogens is 200 g/mol. The van der Waals surface area contributed by atoms with Crippen LogP contribution in [0.15, 0.2) is 29.0 Å². The van der Waals surface area contributed by atoms with Gasteiger partial charge in [0.1, 0.15) is 11.8 Å². The molecule has 1 aliphatic rings. The summed E-state index contributed by atoms with van der Waals surface area (Å²) in [6.45, 7) is 2.33. The Hall–Kier alpha value is -1.35. The van der Waals surface area contributed by atoms with E-state index in [2.05, 4.69) is 28.7 Å². The number of hydrogen-bond acceptors (Lipinski definition) is 3. The van der Waals surface area contributed by atoms with E-state index in [1.54, 1.807) is 6.26 Å². The predicted molar refractivity (Wildman–Crippen MR) is 63.3 cm³/mol. The zero-order chi connectivity index (χ0) is 10.8. The van der Waals surface area contributed by atoms with Gasteiger partial charge in [-0.15, -0.1) is 0 Å². The third-order valence-corrected chi connectivity index (χ3v) is 3.41. The van der Waals surface area contributed by atoms with E-state index in [0.717, 1.165) is 29.9 Å². The topological polar surface area (TPSA) is 38.1 Å². The van der Waals surface area contributed by atoms with Crippen LogP contribution in [0.1, 0.15) is 18.4 Å². The Labute approximate surface area is 94.8 Å². The maximum absolute atomic E-state index is 4.95. The second-order valence-corrected chi connectivity index (χ2v) is 4.61. The number of aromatic nitrogens is 1. The van der Waals surface area contributed by atoms with Crippen LogP contribution in [0.2, 0.25) is 0 Å². The second-order valence-electron chi connectivity index (χ2n) is 4.61. The highest BCUT2D eigenvalue weighted by atomic mass is 16.5. The van der Waals surface area contributed by atoms with Crippen LogP contribution in [0.3, 0.4) is 0 Å². The normalized spacial score (nSPS) is 18.0. The van der Waals surface area contributed by atoms with Crippen molar-refractivity contribution in [2.24, 2.45) is 5.92 Å². The lowest BCUT2D eigenvalue weighted by Gasteiger charge is -2.22. The van der Waals surface area contributed by atoms with E-state index in [1.807, 2.05) is 0 Å². The van der Waals surface area contributed by atoms with E-state index in [1.165, 1.54) is 24.8 Å². The minimum atomic E-state index is 0.825. The van der Waals surface area contributed by atoms with Gasteiger partial charge in [0.2, 0.25) is 0 Å². The van der Waals surface area contributed by atoms with Crippen LogP contribution >= 0.6 is 0 Å². The van der Waals surface area contributed by atoms with E-state index in [-0.39, 0.29) is 0 Å². The molecule has 1 aromatic heterocycles. The van der Waals surface area contributed by atoms with Crippen LogP contribution in [0, 0.1) is 5.92 Å². The van der Waals surface area contributed by atoms with Gasteiger partial charge < -0.3 is 9.84 Å². The van der Waals surface area contributed by atoms with Crippen molar-refractivity contribution >= 4 is 10.9 Å². The molecule has 3 heteroatoms. The van der Waals surface area contributed by atoms with Gasteiger partial charge in [-0.1, -0.05) is 11.2 Å². The highest BCUT2D eigenvalue weighted by molar-refractivity contribution is 5.77. The SMILES string of the molecule is c1cc2conc2cc1CC1CCNCC1. The molecule has 0 saturated carbocycles. The number of hydrogen-bond donors (Lipinski definition) is 1. The molecule has 1 aliphatic heterocycles. The maximum Gasteiger partial charge on any atom is 0.131 e. The summed E-state index contributed by atoms with van der Waals surface area (Å²) in [6.07, 6.45) is 5.45.